The first-order valence-electron chi connectivity index (χ1n) is 13.8. The number of hydrogen-bond acceptors (Lipinski definition) is 14. The molecule has 0 bridgehead atoms. The standard InChI is InChI=1S/C29H40N2O13/c1-15(32)38-14-22-24(39-16(2)33)25(40-17(3)34)26(41-18(4)35)28(43-22)42-20-10-8-19(9-11-20)31-27(37)21(30)12-13-23(36)44-29(5,6)7/h8-11,21-22,24-26,28H,12-14,30H2,1-7H3,(H,31,37)/t21-,22+,24+,25-,26+,28+/m0/s1. The van der Waals surface area contributed by atoms with Gasteiger partial charge in [-0.25, -0.2) is 0 Å². The molecule has 1 saturated heterocycles. The van der Waals surface area contributed by atoms with Crippen LogP contribution in [0.15, 0.2) is 24.3 Å². The summed E-state index contributed by atoms with van der Waals surface area (Å²) in [4.78, 5) is 71.8. The van der Waals surface area contributed by atoms with Crippen LogP contribution in [0.1, 0.15) is 61.3 Å². The molecule has 0 aliphatic carbocycles. The van der Waals surface area contributed by atoms with Crippen molar-refractivity contribution in [2.75, 3.05) is 11.9 Å². The third-order valence-corrected chi connectivity index (χ3v) is 5.74. The van der Waals surface area contributed by atoms with Crippen molar-refractivity contribution in [1.82, 2.24) is 0 Å². The molecule has 0 radical (unpaired) electrons. The molecular weight excluding hydrogens is 584 g/mol. The van der Waals surface area contributed by atoms with E-state index in [1.807, 2.05) is 0 Å². The molecule has 1 aromatic carbocycles. The van der Waals surface area contributed by atoms with Gasteiger partial charge in [-0.1, -0.05) is 0 Å². The first-order chi connectivity index (χ1) is 20.4. The van der Waals surface area contributed by atoms with Gasteiger partial charge in [-0.15, -0.1) is 0 Å². The molecule has 15 heteroatoms. The Kier molecular flexibility index (Phi) is 13.1. The predicted molar refractivity (Wildman–Crippen MR) is 151 cm³/mol. The number of rotatable bonds is 12. The van der Waals surface area contributed by atoms with Crippen LogP contribution in [0.25, 0.3) is 0 Å². The van der Waals surface area contributed by atoms with Crippen LogP contribution in [0.2, 0.25) is 0 Å². The summed E-state index contributed by atoms with van der Waals surface area (Å²) < 4.78 is 38.2. The van der Waals surface area contributed by atoms with E-state index in [0.717, 1.165) is 27.7 Å². The van der Waals surface area contributed by atoms with Gasteiger partial charge in [-0.2, -0.15) is 0 Å². The molecule has 3 N–H and O–H groups in total. The average Bonchev–Trinajstić information content (AvgIpc) is 2.88. The summed E-state index contributed by atoms with van der Waals surface area (Å²) in [5, 5.41) is 2.64. The van der Waals surface area contributed by atoms with Crippen LogP contribution in [0.3, 0.4) is 0 Å². The van der Waals surface area contributed by atoms with Crippen LogP contribution in [0, 0.1) is 0 Å². The second kappa shape index (κ2) is 16.0. The van der Waals surface area contributed by atoms with E-state index < -0.39 is 84.7 Å². The fourth-order valence-electron chi connectivity index (χ4n) is 4.07. The summed E-state index contributed by atoms with van der Waals surface area (Å²) >= 11 is 0. The largest absolute Gasteiger partial charge is 0.463 e. The van der Waals surface area contributed by atoms with Crippen LogP contribution < -0.4 is 15.8 Å². The number of amides is 1. The number of ether oxygens (including phenoxy) is 7. The molecule has 15 nitrogen and oxygen atoms in total. The Morgan fingerprint density at radius 3 is 1.91 bits per heavy atom. The molecule has 0 spiro atoms. The van der Waals surface area contributed by atoms with Crippen LogP contribution >= 0.6 is 0 Å². The molecule has 244 valence electrons. The summed E-state index contributed by atoms with van der Waals surface area (Å²) in [5.74, 6) is -3.77. The van der Waals surface area contributed by atoms with E-state index in [0.29, 0.717) is 5.69 Å². The molecule has 2 rings (SSSR count). The third kappa shape index (κ3) is 12.2. The number of anilines is 1. The van der Waals surface area contributed by atoms with E-state index in [-0.39, 0.29) is 18.6 Å². The second-order valence-corrected chi connectivity index (χ2v) is 10.9. The molecule has 1 fully saturated rings. The van der Waals surface area contributed by atoms with E-state index in [1.165, 1.54) is 24.3 Å². The van der Waals surface area contributed by atoms with E-state index in [1.54, 1.807) is 20.8 Å². The fraction of sp³-hybridized carbons (Fsp3) is 0.586. The highest BCUT2D eigenvalue weighted by molar-refractivity contribution is 5.95. The Bertz CT molecular complexity index is 1190. The first-order valence-corrected chi connectivity index (χ1v) is 13.8. The summed E-state index contributed by atoms with van der Waals surface area (Å²) in [6.45, 7) is 9.31. The molecule has 1 amide bonds. The van der Waals surface area contributed by atoms with Crippen molar-refractivity contribution in [2.45, 2.75) is 104 Å². The third-order valence-electron chi connectivity index (χ3n) is 5.74. The molecule has 6 atom stereocenters. The second-order valence-electron chi connectivity index (χ2n) is 10.9. The Morgan fingerprint density at radius 1 is 0.841 bits per heavy atom. The molecule has 1 aliphatic rings. The highest BCUT2D eigenvalue weighted by Gasteiger charge is 2.53. The molecule has 0 aromatic heterocycles. The van der Waals surface area contributed by atoms with Gasteiger partial charge in [0.25, 0.3) is 0 Å². The van der Waals surface area contributed by atoms with Crippen LogP contribution in [0.5, 0.6) is 5.75 Å². The van der Waals surface area contributed by atoms with Gasteiger partial charge in [0.05, 0.1) is 6.04 Å². The number of nitrogens with two attached hydrogens (primary N) is 1. The van der Waals surface area contributed by atoms with Gasteiger partial charge < -0.3 is 44.2 Å². The molecule has 0 unspecified atom stereocenters. The quantitative estimate of drug-likeness (QED) is 0.250. The van der Waals surface area contributed by atoms with Crippen LogP contribution in [-0.4, -0.2) is 84.7 Å². The molecule has 44 heavy (non-hydrogen) atoms. The lowest BCUT2D eigenvalue weighted by molar-refractivity contribution is -0.288. The van der Waals surface area contributed by atoms with Gasteiger partial charge in [0.1, 0.15) is 24.1 Å². The zero-order valence-corrected chi connectivity index (χ0v) is 25.8. The van der Waals surface area contributed by atoms with Crippen molar-refractivity contribution >= 4 is 41.4 Å². The number of esters is 5. The highest BCUT2D eigenvalue weighted by atomic mass is 16.7. The lowest BCUT2D eigenvalue weighted by Gasteiger charge is -2.43. The number of nitrogens with one attached hydrogen (secondary N) is 1. The summed E-state index contributed by atoms with van der Waals surface area (Å²) in [7, 11) is 0. The van der Waals surface area contributed by atoms with E-state index >= 15 is 0 Å². The Morgan fingerprint density at radius 2 is 1.39 bits per heavy atom. The average molecular weight is 625 g/mol. The minimum atomic E-state index is -1.42. The van der Waals surface area contributed by atoms with Gasteiger partial charge in [-0.05, 0) is 51.5 Å². The van der Waals surface area contributed by atoms with Crippen molar-refractivity contribution in [3.05, 3.63) is 24.3 Å². The van der Waals surface area contributed by atoms with E-state index in [4.69, 9.17) is 38.9 Å². The van der Waals surface area contributed by atoms with Crippen molar-refractivity contribution in [2.24, 2.45) is 5.73 Å². The minimum absolute atomic E-state index is 0.0331. The molecule has 1 aromatic rings. The fourth-order valence-corrected chi connectivity index (χ4v) is 4.07. The maximum atomic E-state index is 12.5. The first kappa shape index (κ1) is 36.0. The number of benzene rings is 1. The topological polar surface area (TPSA) is 205 Å². The molecule has 1 heterocycles. The minimum Gasteiger partial charge on any atom is -0.463 e. The van der Waals surface area contributed by atoms with Crippen molar-refractivity contribution in [1.29, 1.82) is 0 Å². The van der Waals surface area contributed by atoms with Crippen LogP contribution in [-0.2, 0) is 57.2 Å². The lowest BCUT2D eigenvalue weighted by atomic mass is 9.98. The molecule has 1 aliphatic heterocycles. The molecular formula is C29H40N2O13. The van der Waals surface area contributed by atoms with Gasteiger partial charge in [0.2, 0.25) is 18.3 Å². The number of carbonyl (C=O) groups is 6. The lowest BCUT2D eigenvalue weighted by Crippen LogP contribution is -2.63. The van der Waals surface area contributed by atoms with Gasteiger partial charge in [-0.3, -0.25) is 28.8 Å². The number of hydrogen-bond donors (Lipinski definition) is 2. The summed E-state index contributed by atoms with van der Waals surface area (Å²) in [6.07, 6.45) is -6.67. The smallest absolute Gasteiger partial charge is 0.306 e. The normalized spacial score (nSPS) is 22.0. The van der Waals surface area contributed by atoms with Crippen molar-refractivity contribution < 1.29 is 61.9 Å². The maximum Gasteiger partial charge on any atom is 0.306 e. The van der Waals surface area contributed by atoms with E-state index in [2.05, 4.69) is 5.32 Å². The summed E-state index contributed by atoms with van der Waals surface area (Å²) in [6, 6.07) is 4.96. The van der Waals surface area contributed by atoms with Crippen molar-refractivity contribution in [3.8, 4) is 5.75 Å². The predicted octanol–water partition coefficient (Wildman–Crippen LogP) is 1.54. The van der Waals surface area contributed by atoms with Gasteiger partial charge in [0.15, 0.2) is 12.2 Å². The van der Waals surface area contributed by atoms with Gasteiger partial charge in [0, 0.05) is 39.8 Å². The monoisotopic (exact) mass is 624 g/mol. The zero-order valence-electron chi connectivity index (χ0n) is 25.8. The highest BCUT2D eigenvalue weighted by Crippen LogP contribution is 2.31. The number of carbonyl (C=O) groups excluding carboxylic acids is 6. The summed E-state index contributed by atoms with van der Waals surface area (Å²) in [5.41, 5.74) is 5.64. The molecule has 0 saturated carbocycles. The van der Waals surface area contributed by atoms with E-state index in [9.17, 15) is 28.8 Å². The SMILES string of the molecule is CC(=O)OC[C@H]1O[C@@H](Oc2ccc(NC(=O)[C@@H](N)CCC(=O)OC(C)(C)C)cc2)[C@H](OC(C)=O)[C@@H](OC(C)=O)[C@@H]1OC(C)=O. The zero-order chi connectivity index (χ0) is 33.2. The Hall–Kier alpha value is -4.24. The Labute approximate surface area is 254 Å². The Balaban J connectivity index is 2.20. The van der Waals surface area contributed by atoms with Crippen LogP contribution in [0.4, 0.5) is 5.69 Å². The van der Waals surface area contributed by atoms with Crippen molar-refractivity contribution in [3.63, 3.8) is 0 Å². The van der Waals surface area contributed by atoms with Gasteiger partial charge >= 0.3 is 29.8 Å². The maximum absolute atomic E-state index is 12.5.